The molecule has 100 valence electrons. The molecule has 20 heavy (non-hydrogen) atoms. The largest absolute Gasteiger partial charge is 0.310 e. The van der Waals surface area contributed by atoms with Crippen LogP contribution < -0.4 is 5.32 Å². The zero-order valence-electron chi connectivity index (χ0n) is 11.6. The van der Waals surface area contributed by atoms with Crippen molar-refractivity contribution in [3.05, 3.63) is 60.2 Å². The third-order valence-electron chi connectivity index (χ3n) is 4.47. The predicted octanol–water partition coefficient (Wildman–Crippen LogP) is 4.81. The van der Waals surface area contributed by atoms with Crippen LogP contribution in [0.25, 0.3) is 21.5 Å². The van der Waals surface area contributed by atoms with Gasteiger partial charge in [-0.05, 0) is 58.6 Å². The quantitative estimate of drug-likeness (QED) is 0.620. The lowest BCUT2D eigenvalue weighted by Gasteiger charge is -2.25. The molecule has 0 saturated carbocycles. The summed E-state index contributed by atoms with van der Waals surface area (Å²) in [5.41, 5.74) is 1.47. The molecule has 1 fully saturated rings. The van der Waals surface area contributed by atoms with Crippen LogP contribution in [0.2, 0.25) is 0 Å². The molecule has 1 atom stereocenters. The summed E-state index contributed by atoms with van der Waals surface area (Å²) in [7, 11) is 0. The number of rotatable bonds is 1. The molecule has 1 saturated heterocycles. The first-order chi connectivity index (χ1) is 9.92. The van der Waals surface area contributed by atoms with Gasteiger partial charge in [0.2, 0.25) is 0 Å². The summed E-state index contributed by atoms with van der Waals surface area (Å²) >= 11 is 0. The van der Waals surface area contributed by atoms with Gasteiger partial charge in [-0.25, -0.2) is 0 Å². The summed E-state index contributed by atoms with van der Waals surface area (Å²) in [6.45, 7) is 1.15. The molecular formula is C19H19N. The second-order valence-corrected chi connectivity index (χ2v) is 5.77. The van der Waals surface area contributed by atoms with E-state index in [4.69, 9.17) is 0 Å². The maximum absolute atomic E-state index is 3.68. The lowest BCUT2D eigenvalue weighted by Crippen LogP contribution is -2.26. The van der Waals surface area contributed by atoms with E-state index in [2.05, 4.69) is 59.9 Å². The molecule has 0 amide bonds. The Morgan fingerprint density at radius 2 is 1.60 bits per heavy atom. The van der Waals surface area contributed by atoms with E-state index < -0.39 is 0 Å². The Bertz CT molecular complexity index is 754. The first-order valence-corrected chi connectivity index (χ1v) is 7.57. The Kier molecular flexibility index (Phi) is 2.93. The molecule has 0 spiro atoms. The number of fused-ring (bicyclic) bond motifs is 2. The number of hydrogen-bond acceptors (Lipinski definition) is 1. The van der Waals surface area contributed by atoms with Gasteiger partial charge >= 0.3 is 0 Å². The molecule has 0 radical (unpaired) electrons. The van der Waals surface area contributed by atoms with E-state index in [1.165, 1.54) is 46.4 Å². The zero-order chi connectivity index (χ0) is 13.4. The lowest BCUT2D eigenvalue weighted by molar-refractivity contribution is 0.414. The maximum Gasteiger partial charge on any atom is 0.0326 e. The van der Waals surface area contributed by atoms with Crippen molar-refractivity contribution in [1.29, 1.82) is 0 Å². The molecular weight excluding hydrogens is 242 g/mol. The number of hydrogen-bond donors (Lipinski definition) is 1. The van der Waals surface area contributed by atoms with Crippen LogP contribution in [0.3, 0.4) is 0 Å². The van der Waals surface area contributed by atoms with Gasteiger partial charge in [0.15, 0.2) is 0 Å². The fraction of sp³-hybridized carbons (Fsp3) is 0.263. The van der Waals surface area contributed by atoms with E-state index in [1.807, 2.05) is 0 Å². The molecule has 0 aromatic heterocycles. The summed E-state index contributed by atoms with van der Waals surface area (Å²) in [6.07, 6.45) is 3.90. The van der Waals surface area contributed by atoms with Crippen molar-refractivity contribution < 1.29 is 0 Å². The van der Waals surface area contributed by atoms with E-state index in [-0.39, 0.29) is 0 Å². The summed E-state index contributed by atoms with van der Waals surface area (Å²) in [5, 5.41) is 9.10. The van der Waals surface area contributed by atoms with Crippen molar-refractivity contribution in [2.45, 2.75) is 25.3 Å². The van der Waals surface area contributed by atoms with Crippen molar-refractivity contribution in [3.8, 4) is 0 Å². The van der Waals surface area contributed by atoms with Gasteiger partial charge < -0.3 is 5.32 Å². The van der Waals surface area contributed by atoms with Gasteiger partial charge in [-0.15, -0.1) is 0 Å². The Morgan fingerprint density at radius 3 is 2.40 bits per heavy atom. The Balaban J connectivity index is 1.94. The fourth-order valence-electron chi connectivity index (χ4n) is 3.41. The molecule has 0 aliphatic carbocycles. The van der Waals surface area contributed by atoms with Crippen LogP contribution in [-0.2, 0) is 0 Å². The summed E-state index contributed by atoms with van der Waals surface area (Å²) in [4.78, 5) is 0. The third-order valence-corrected chi connectivity index (χ3v) is 4.47. The van der Waals surface area contributed by atoms with Gasteiger partial charge in [0.1, 0.15) is 0 Å². The highest BCUT2D eigenvalue weighted by atomic mass is 14.9. The van der Waals surface area contributed by atoms with Crippen LogP contribution in [0.5, 0.6) is 0 Å². The van der Waals surface area contributed by atoms with Gasteiger partial charge in [-0.3, -0.25) is 0 Å². The number of nitrogens with one attached hydrogen (secondary N) is 1. The Labute approximate surface area is 119 Å². The number of benzene rings is 3. The normalized spacial score (nSPS) is 19.5. The van der Waals surface area contributed by atoms with Gasteiger partial charge in [0, 0.05) is 6.04 Å². The van der Waals surface area contributed by atoms with Crippen LogP contribution in [0, 0.1) is 0 Å². The molecule has 1 aliphatic heterocycles. The van der Waals surface area contributed by atoms with Crippen molar-refractivity contribution >= 4 is 21.5 Å². The molecule has 3 aromatic rings. The maximum atomic E-state index is 3.68. The van der Waals surface area contributed by atoms with E-state index >= 15 is 0 Å². The topological polar surface area (TPSA) is 12.0 Å². The molecule has 1 unspecified atom stereocenters. The van der Waals surface area contributed by atoms with E-state index in [1.54, 1.807) is 0 Å². The second kappa shape index (κ2) is 4.92. The van der Waals surface area contributed by atoms with Gasteiger partial charge in [0.05, 0.1) is 0 Å². The highest BCUT2D eigenvalue weighted by Crippen LogP contribution is 2.31. The van der Waals surface area contributed by atoms with E-state index in [9.17, 15) is 0 Å². The molecule has 4 rings (SSSR count). The van der Waals surface area contributed by atoms with Gasteiger partial charge in [-0.2, -0.15) is 0 Å². The highest BCUT2D eigenvalue weighted by Gasteiger charge is 2.16. The van der Waals surface area contributed by atoms with Crippen molar-refractivity contribution in [2.24, 2.45) is 0 Å². The van der Waals surface area contributed by atoms with Crippen LogP contribution in [0.4, 0.5) is 0 Å². The molecule has 0 bridgehead atoms. The lowest BCUT2D eigenvalue weighted by atomic mass is 9.92. The molecule has 1 heteroatoms. The third kappa shape index (κ3) is 1.99. The summed E-state index contributed by atoms with van der Waals surface area (Å²) < 4.78 is 0. The predicted molar refractivity (Wildman–Crippen MR) is 86.0 cm³/mol. The smallest absolute Gasteiger partial charge is 0.0326 e. The number of piperidine rings is 1. The second-order valence-electron chi connectivity index (χ2n) is 5.77. The minimum Gasteiger partial charge on any atom is -0.310 e. The first kappa shape index (κ1) is 11.9. The highest BCUT2D eigenvalue weighted by molar-refractivity contribution is 5.99. The minimum absolute atomic E-state index is 0.522. The van der Waals surface area contributed by atoms with Crippen LogP contribution in [0.15, 0.2) is 54.6 Å². The van der Waals surface area contributed by atoms with Crippen LogP contribution >= 0.6 is 0 Å². The monoisotopic (exact) mass is 261 g/mol. The molecule has 3 aromatic carbocycles. The average Bonchev–Trinajstić information content (AvgIpc) is 2.53. The standard InChI is InChI=1S/C19H19N/c1-2-7-15-13-18-16(12-14(15)6-1)8-5-9-17(18)19-10-3-4-11-20-19/h1-2,5-9,12-13,19-20H,3-4,10-11H2. The first-order valence-electron chi connectivity index (χ1n) is 7.57. The van der Waals surface area contributed by atoms with Crippen LogP contribution in [0.1, 0.15) is 30.9 Å². The van der Waals surface area contributed by atoms with Crippen molar-refractivity contribution in [2.75, 3.05) is 6.54 Å². The fourth-order valence-corrected chi connectivity index (χ4v) is 3.41. The molecule has 1 N–H and O–H groups in total. The molecule has 1 aliphatic rings. The van der Waals surface area contributed by atoms with E-state index in [0.29, 0.717) is 6.04 Å². The average molecular weight is 261 g/mol. The SMILES string of the molecule is c1ccc2cc3c(C4CCCCN4)cccc3cc2c1. The Morgan fingerprint density at radius 1 is 0.800 bits per heavy atom. The van der Waals surface area contributed by atoms with Crippen LogP contribution in [-0.4, -0.2) is 6.54 Å². The van der Waals surface area contributed by atoms with E-state index in [0.717, 1.165) is 6.54 Å². The van der Waals surface area contributed by atoms with Crippen molar-refractivity contribution in [1.82, 2.24) is 5.32 Å². The molecule has 1 heterocycles. The molecule has 1 nitrogen and oxygen atoms in total. The zero-order valence-corrected chi connectivity index (χ0v) is 11.6. The van der Waals surface area contributed by atoms with Gasteiger partial charge in [-0.1, -0.05) is 48.9 Å². The van der Waals surface area contributed by atoms with Crippen molar-refractivity contribution in [3.63, 3.8) is 0 Å². The summed E-state index contributed by atoms with van der Waals surface area (Å²) in [5.74, 6) is 0. The minimum atomic E-state index is 0.522. The summed E-state index contributed by atoms with van der Waals surface area (Å²) in [6, 6.07) is 20.6. The Hall–Kier alpha value is -1.86. The van der Waals surface area contributed by atoms with Gasteiger partial charge in [0.25, 0.3) is 0 Å².